The van der Waals surface area contributed by atoms with Crippen molar-refractivity contribution in [3.05, 3.63) is 94.2 Å². The standard InChI is InChI=1S/2C28H38O2/c2*1-17(2)18(3)7-8-19(4)24-16-25(30)26-22-10-9-20-15-21(29)11-13-27(20,5)23(22)12-14-28(24,26)6/h2*7-10,15,17-19,23-24H,11-14,16H2,1-6H3/b2*8-7+/t2*18-,19+,23-,24+,27-,28+/m00/s1. The first-order valence-electron chi connectivity index (χ1n) is 23.9. The van der Waals surface area contributed by atoms with E-state index in [0.29, 0.717) is 96.4 Å². The molecule has 0 amide bonds. The van der Waals surface area contributed by atoms with Crippen LogP contribution in [0, 0.1) is 80.8 Å². The molecule has 4 heteroatoms. The van der Waals surface area contributed by atoms with E-state index in [9.17, 15) is 19.2 Å². The first-order chi connectivity index (χ1) is 28.2. The van der Waals surface area contributed by atoms with Crippen LogP contribution in [0.1, 0.15) is 147 Å². The second kappa shape index (κ2) is 16.4. The van der Waals surface area contributed by atoms with Gasteiger partial charge in [-0.2, -0.15) is 0 Å². The van der Waals surface area contributed by atoms with Gasteiger partial charge in [-0.05, 0) is 143 Å². The molecule has 8 aliphatic carbocycles. The van der Waals surface area contributed by atoms with E-state index >= 15 is 0 Å². The SMILES string of the molecule is CC(C)[C@@H](C)/C=C/[C@@H](C)[C@H]1CC(=O)C2=C3C=CC4=CC(=O)CC[C@]4(C)[C@H]3CC[C@@]21C.CC(C)[C@@H](C)/C=C/[C@@H](C)[C@H]1CC(=O)C2=C3C=CC4=CC(=O)CC[C@]4(C)[C@H]3CC[C@@]21C. The summed E-state index contributed by atoms with van der Waals surface area (Å²) in [5, 5.41) is 0. The Bertz CT molecular complexity index is 1910. The van der Waals surface area contributed by atoms with Gasteiger partial charge < -0.3 is 0 Å². The lowest BCUT2D eigenvalue weighted by Gasteiger charge is -2.50. The maximum Gasteiger partial charge on any atom is 0.160 e. The fraction of sp³-hybridized carbons (Fsp3) is 0.643. The molecule has 8 aliphatic rings. The van der Waals surface area contributed by atoms with Crippen molar-refractivity contribution in [2.24, 2.45) is 80.8 Å². The van der Waals surface area contributed by atoms with Crippen molar-refractivity contribution < 1.29 is 19.2 Å². The van der Waals surface area contributed by atoms with Crippen molar-refractivity contribution in [3.8, 4) is 0 Å². The highest BCUT2D eigenvalue weighted by Gasteiger charge is 2.58. The third-order valence-corrected chi connectivity index (χ3v) is 18.3. The Morgan fingerprint density at radius 2 is 0.867 bits per heavy atom. The number of ketones is 4. The molecule has 0 N–H and O–H groups in total. The monoisotopic (exact) mass is 813 g/mol. The van der Waals surface area contributed by atoms with E-state index in [4.69, 9.17) is 0 Å². The molecule has 0 aromatic rings. The van der Waals surface area contributed by atoms with Crippen LogP contribution < -0.4 is 0 Å². The van der Waals surface area contributed by atoms with Crippen molar-refractivity contribution >= 4 is 23.1 Å². The highest BCUT2D eigenvalue weighted by molar-refractivity contribution is 6.02. The number of hydrogen-bond acceptors (Lipinski definition) is 4. The molecule has 4 nitrogen and oxygen atoms in total. The molecule has 0 heterocycles. The maximum absolute atomic E-state index is 13.4. The summed E-state index contributed by atoms with van der Waals surface area (Å²) in [5.41, 5.74) is 7.12. The maximum atomic E-state index is 13.4. The number of allylic oxidation sites excluding steroid dienone is 16. The summed E-state index contributed by atoms with van der Waals surface area (Å²) in [6.45, 7) is 27.6. The zero-order chi connectivity index (χ0) is 43.7. The van der Waals surface area contributed by atoms with E-state index in [-0.39, 0.29) is 33.2 Å². The summed E-state index contributed by atoms with van der Waals surface area (Å²) in [5.74, 6) is 5.96. The summed E-state index contributed by atoms with van der Waals surface area (Å²) in [4.78, 5) is 50.7. The van der Waals surface area contributed by atoms with Crippen LogP contribution in [0.4, 0.5) is 0 Å². The van der Waals surface area contributed by atoms with Gasteiger partial charge in [-0.1, -0.05) is 132 Å². The molecule has 0 spiro atoms. The van der Waals surface area contributed by atoms with Crippen LogP contribution in [0.25, 0.3) is 0 Å². The van der Waals surface area contributed by atoms with Gasteiger partial charge in [-0.25, -0.2) is 0 Å². The molecule has 0 aromatic heterocycles. The van der Waals surface area contributed by atoms with Gasteiger partial charge in [0.05, 0.1) is 0 Å². The Kier molecular flexibility index (Phi) is 12.2. The van der Waals surface area contributed by atoms with E-state index in [1.54, 1.807) is 0 Å². The zero-order valence-corrected chi connectivity index (χ0v) is 39.3. The molecule has 0 radical (unpaired) electrons. The van der Waals surface area contributed by atoms with E-state index in [2.05, 4.69) is 132 Å². The molecule has 0 saturated heterocycles. The van der Waals surface area contributed by atoms with Gasteiger partial charge in [0.25, 0.3) is 0 Å². The van der Waals surface area contributed by atoms with E-state index in [0.717, 1.165) is 49.7 Å². The molecule has 0 unspecified atom stereocenters. The fourth-order valence-electron chi connectivity index (χ4n) is 13.3. The molecule has 2 fully saturated rings. The Hall–Kier alpha value is -3.40. The Morgan fingerprint density at radius 3 is 1.22 bits per heavy atom. The molecule has 8 rings (SSSR count). The van der Waals surface area contributed by atoms with Crippen LogP contribution in [0.2, 0.25) is 0 Å². The normalized spacial score (nSPS) is 37.9. The van der Waals surface area contributed by atoms with Crippen molar-refractivity contribution in [2.45, 2.75) is 147 Å². The molecule has 0 aromatic carbocycles. The highest BCUT2D eigenvalue weighted by Crippen LogP contribution is 2.64. The molecule has 2 saturated carbocycles. The van der Waals surface area contributed by atoms with Crippen molar-refractivity contribution in [1.82, 2.24) is 0 Å². The molecule has 324 valence electrons. The molecule has 0 bridgehead atoms. The van der Waals surface area contributed by atoms with Crippen molar-refractivity contribution in [3.63, 3.8) is 0 Å². The van der Waals surface area contributed by atoms with E-state index in [1.807, 2.05) is 12.2 Å². The second-order valence-electron chi connectivity index (χ2n) is 22.5. The zero-order valence-electron chi connectivity index (χ0n) is 39.3. The van der Waals surface area contributed by atoms with Crippen LogP contribution in [0.3, 0.4) is 0 Å². The number of Topliss-reactive ketones (excluding diaryl/α,β-unsaturated/α-hetero) is 2. The van der Waals surface area contributed by atoms with Crippen LogP contribution in [-0.2, 0) is 19.2 Å². The third-order valence-electron chi connectivity index (χ3n) is 18.3. The quantitative estimate of drug-likeness (QED) is 0.229. The number of carbonyl (C=O) groups is 4. The average Bonchev–Trinajstić information content (AvgIpc) is 3.64. The summed E-state index contributed by atoms with van der Waals surface area (Å²) < 4.78 is 0. The Balaban J connectivity index is 0.000000181. The van der Waals surface area contributed by atoms with Gasteiger partial charge in [0.1, 0.15) is 0 Å². The number of fused-ring (bicyclic) bond motifs is 8. The minimum Gasteiger partial charge on any atom is -0.295 e. The topological polar surface area (TPSA) is 68.3 Å². The number of carbonyl (C=O) groups excluding carboxylic acids is 4. The van der Waals surface area contributed by atoms with Gasteiger partial charge in [0.2, 0.25) is 0 Å². The third kappa shape index (κ3) is 7.50. The predicted molar refractivity (Wildman–Crippen MR) is 246 cm³/mol. The molecular weight excluding hydrogens is 737 g/mol. The number of hydrogen-bond donors (Lipinski definition) is 0. The van der Waals surface area contributed by atoms with Crippen molar-refractivity contribution in [1.29, 1.82) is 0 Å². The van der Waals surface area contributed by atoms with Gasteiger partial charge >= 0.3 is 0 Å². The lowest BCUT2D eigenvalue weighted by Crippen LogP contribution is -2.42. The van der Waals surface area contributed by atoms with E-state index in [1.165, 1.54) is 22.3 Å². The van der Waals surface area contributed by atoms with Gasteiger partial charge in [0, 0.05) is 47.7 Å². The van der Waals surface area contributed by atoms with Crippen LogP contribution in [0.5, 0.6) is 0 Å². The second-order valence-corrected chi connectivity index (χ2v) is 22.5. The summed E-state index contributed by atoms with van der Waals surface area (Å²) in [6.07, 6.45) is 30.6. The van der Waals surface area contributed by atoms with Crippen molar-refractivity contribution in [2.75, 3.05) is 0 Å². The van der Waals surface area contributed by atoms with E-state index < -0.39 is 0 Å². The van der Waals surface area contributed by atoms with Gasteiger partial charge in [0.15, 0.2) is 23.1 Å². The van der Waals surface area contributed by atoms with Crippen LogP contribution >= 0.6 is 0 Å². The molecular formula is C56H76O4. The fourth-order valence-corrected chi connectivity index (χ4v) is 13.3. The van der Waals surface area contributed by atoms with Gasteiger partial charge in [-0.15, -0.1) is 0 Å². The Labute approximate surface area is 363 Å². The Morgan fingerprint density at radius 1 is 0.500 bits per heavy atom. The average molecular weight is 813 g/mol. The van der Waals surface area contributed by atoms with Gasteiger partial charge in [-0.3, -0.25) is 19.2 Å². The minimum atomic E-state index is -0.0276. The summed E-state index contributed by atoms with van der Waals surface area (Å²) >= 11 is 0. The largest absolute Gasteiger partial charge is 0.295 e. The predicted octanol–water partition coefficient (Wildman–Crippen LogP) is 13.3. The number of rotatable bonds is 8. The summed E-state index contributed by atoms with van der Waals surface area (Å²) in [6, 6.07) is 0. The lowest BCUT2D eigenvalue weighted by atomic mass is 9.53. The molecule has 12 atom stereocenters. The highest BCUT2D eigenvalue weighted by atomic mass is 16.1. The first-order valence-corrected chi connectivity index (χ1v) is 23.9. The summed E-state index contributed by atoms with van der Waals surface area (Å²) in [7, 11) is 0. The smallest absolute Gasteiger partial charge is 0.160 e. The lowest BCUT2D eigenvalue weighted by molar-refractivity contribution is -0.116. The van der Waals surface area contributed by atoms with Crippen LogP contribution in [0.15, 0.2) is 94.2 Å². The molecule has 0 aliphatic heterocycles. The molecule has 60 heavy (non-hydrogen) atoms. The minimum absolute atomic E-state index is 0.00288. The van der Waals surface area contributed by atoms with Crippen LogP contribution in [-0.4, -0.2) is 23.1 Å². The first kappa shape index (κ1) is 44.6.